The smallest absolute Gasteiger partial charge is 0.290 e. The van der Waals surface area contributed by atoms with Crippen molar-refractivity contribution >= 4 is 8.38 Å². The second-order valence-electron chi connectivity index (χ2n) is 5.22. The van der Waals surface area contributed by atoms with Crippen molar-refractivity contribution in [3.63, 3.8) is 0 Å². The van der Waals surface area contributed by atoms with Gasteiger partial charge in [-0.2, -0.15) is 0 Å². The molecule has 112 valence electrons. The van der Waals surface area contributed by atoms with E-state index < -0.39 is 8.38 Å². The van der Waals surface area contributed by atoms with Crippen molar-refractivity contribution < 1.29 is 9.05 Å². The molecule has 2 aromatic rings. The Morgan fingerprint density at radius 1 is 0.762 bits per heavy atom. The van der Waals surface area contributed by atoms with Crippen LogP contribution >= 0.6 is 8.38 Å². The fourth-order valence-corrected chi connectivity index (χ4v) is 3.34. The average molecular weight is 302 g/mol. The maximum absolute atomic E-state index is 6.05. The molecule has 2 rings (SSSR count). The van der Waals surface area contributed by atoms with Gasteiger partial charge in [0.15, 0.2) is 0 Å². The highest BCUT2D eigenvalue weighted by atomic mass is 31.2. The number of aryl methyl sites for hydroxylation is 2. The highest BCUT2D eigenvalue weighted by molar-refractivity contribution is 7.48. The van der Waals surface area contributed by atoms with Gasteiger partial charge < -0.3 is 9.05 Å². The molecule has 0 heterocycles. The number of hydrogen-bond acceptors (Lipinski definition) is 2. The minimum atomic E-state index is -0.938. The van der Waals surface area contributed by atoms with Crippen LogP contribution in [0.4, 0.5) is 0 Å². The third-order valence-corrected chi connectivity index (χ3v) is 4.66. The van der Waals surface area contributed by atoms with E-state index in [1.54, 1.807) is 0 Å². The van der Waals surface area contributed by atoms with Crippen LogP contribution in [0.2, 0.25) is 0 Å². The van der Waals surface area contributed by atoms with Gasteiger partial charge in [0.25, 0.3) is 8.38 Å². The maximum Gasteiger partial charge on any atom is 0.290 e. The van der Waals surface area contributed by atoms with E-state index in [9.17, 15) is 0 Å². The van der Waals surface area contributed by atoms with Crippen LogP contribution in [0.5, 0.6) is 11.5 Å². The van der Waals surface area contributed by atoms with Crippen LogP contribution in [0.15, 0.2) is 48.5 Å². The molecule has 0 spiro atoms. The second kappa shape index (κ2) is 8.05. The van der Waals surface area contributed by atoms with Crippen molar-refractivity contribution in [3.05, 3.63) is 59.7 Å². The first-order valence-corrected chi connectivity index (χ1v) is 8.80. The molecule has 0 unspecified atom stereocenters. The van der Waals surface area contributed by atoms with Crippen LogP contribution < -0.4 is 9.05 Å². The van der Waals surface area contributed by atoms with Crippen LogP contribution in [0.1, 0.15) is 30.9 Å². The summed E-state index contributed by atoms with van der Waals surface area (Å²) in [6, 6.07) is 16.3. The molecule has 0 amide bonds. The summed E-state index contributed by atoms with van der Waals surface area (Å²) in [6.07, 6.45) is 3.21. The van der Waals surface area contributed by atoms with E-state index in [0.29, 0.717) is 0 Å². The number of benzene rings is 2. The predicted molar refractivity (Wildman–Crippen MR) is 90.3 cm³/mol. The topological polar surface area (TPSA) is 18.5 Å². The lowest BCUT2D eigenvalue weighted by Gasteiger charge is -2.18. The van der Waals surface area contributed by atoms with Crippen LogP contribution in [0.3, 0.4) is 0 Å². The van der Waals surface area contributed by atoms with Crippen molar-refractivity contribution in [2.24, 2.45) is 0 Å². The van der Waals surface area contributed by atoms with Gasteiger partial charge in [0.1, 0.15) is 11.5 Å². The predicted octanol–water partition coefficient (Wildman–Crippen LogP) is 5.87. The molecule has 0 atom stereocenters. The molecule has 3 heteroatoms. The summed E-state index contributed by atoms with van der Waals surface area (Å²) in [5.41, 5.74) is 2.47. The van der Waals surface area contributed by atoms with Crippen molar-refractivity contribution in [2.45, 2.75) is 33.6 Å². The zero-order valence-corrected chi connectivity index (χ0v) is 13.9. The molecule has 0 aliphatic carbocycles. The van der Waals surface area contributed by atoms with Crippen molar-refractivity contribution in [1.82, 2.24) is 0 Å². The minimum Gasteiger partial charge on any atom is -0.439 e. The van der Waals surface area contributed by atoms with E-state index in [0.717, 1.165) is 30.5 Å². The van der Waals surface area contributed by atoms with Crippen molar-refractivity contribution in [2.75, 3.05) is 6.16 Å². The molecular formula is C18H23O2P. The van der Waals surface area contributed by atoms with Crippen LogP contribution in [0.25, 0.3) is 0 Å². The van der Waals surface area contributed by atoms with Gasteiger partial charge in [-0.05, 0) is 44.5 Å². The Morgan fingerprint density at radius 3 is 1.57 bits per heavy atom. The summed E-state index contributed by atoms with van der Waals surface area (Å²) >= 11 is 0. The van der Waals surface area contributed by atoms with E-state index in [4.69, 9.17) is 9.05 Å². The van der Waals surface area contributed by atoms with Gasteiger partial charge in [0, 0.05) is 6.16 Å². The Kier molecular flexibility index (Phi) is 6.07. The lowest BCUT2D eigenvalue weighted by molar-refractivity contribution is 0.486. The van der Waals surface area contributed by atoms with Gasteiger partial charge in [-0.1, -0.05) is 48.7 Å². The summed E-state index contributed by atoms with van der Waals surface area (Å²) in [4.78, 5) is 0. The zero-order valence-electron chi connectivity index (χ0n) is 13.0. The highest BCUT2D eigenvalue weighted by Crippen LogP contribution is 2.41. The van der Waals surface area contributed by atoms with Crippen LogP contribution in [-0.4, -0.2) is 6.16 Å². The first kappa shape index (κ1) is 15.9. The molecule has 0 fully saturated rings. The maximum atomic E-state index is 6.05. The summed E-state index contributed by atoms with van der Waals surface area (Å²) < 4.78 is 12.1. The van der Waals surface area contributed by atoms with Crippen LogP contribution in [0, 0.1) is 13.8 Å². The fourth-order valence-electron chi connectivity index (χ4n) is 1.83. The molecule has 0 aliphatic rings. The molecule has 2 nitrogen and oxygen atoms in total. The van der Waals surface area contributed by atoms with E-state index in [1.165, 1.54) is 11.1 Å². The number of rotatable bonds is 7. The quantitative estimate of drug-likeness (QED) is 0.595. The normalized spacial score (nSPS) is 10.7. The monoisotopic (exact) mass is 302 g/mol. The van der Waals surface area contributed by atoms with Gasteiger partial charge in [-0.3, -0.25) is 0 Å². The largest absolute Gasteiger partial charge is 0.439 e. The van der Waals surface area contributed by atoms with Crippen LogP contribution in [-0.2, 0) is 0 Å². The van der Waals surface area contributed by atoms with Gasteiger partial charge in [-0.15, -0.1) is 0 Å². The lowest BCUT2D eigenvalue weighted by Crippen LogP contribution is -2.00. The van der Waals surface area contributed by atoms with E-state index in [1.807, 2.05) is 24.3 Å². The lowest BCUT2D eigenvalue weighted by atomic mass is 10.2. The summed E-state index contributed by atoms with van der Waals surface area (Å²) in [5, 5.41) is 0. The van der Waals surface area contributed by atoms with Gasteiger partial charge in [-0.25, -0.2) is 0 Å². The molecule has 0 saturated heterocycles. The minimum absolute atomic E-state index is 0.884. The number of hydrogen-bond donors (Lipinski definition) is 0. The Morgan fingerprint density at radius 2 is 1.19 bits per heavy atom. The SMILES string of the molecule is CCCCP(Oc1ccc(C)cc1)Oc1ccc(C)cc1. The molecule has 0 aliphatic heterocycles. The third kappa shape index (κ3) is 5.40. The highest BCUT2D eigenvalue weighted by Gasteiger charge is 2.14. The molecule has 21 heavy (non-hydrogen) atoms. The van der Waals surface area contributed by atoms with Gasteiger partial charge in [0.05, 0.1) is 0 Å². The molecule has 0 aromatic heterocycles. The summed E-state index contributed by atoms with van der Waals surface area (Å²) in [5.74, 6) is 1.77. The molecular weight excluding hydrogens is 279 g/mol. The Labute approximate surface area is 129 Å². The molecule has 0 N–H and O–H groups in total. The van der Waals surface area contributed by atoms with Crippen molar-refractivity contribution in [1.29, 1.82) is 0 Å². The average Bonchev–Trinajstić information content (AvgIpc) is 2.49. The number of unbranched alkanes of at least 4 members (excludes halogenated alkanes) is 1. The van der Waals surface area contributed by atoms with E-state index in [-0.39, 0.29) is 0 Å². The Balaban J connectivity index is 2.02. The van der Waals surface area contributed by atoms with Gasteiger partial charge in [0.2, 0.25) is 0 Å². The van der Waals surface area contributed by atoms with Crippen molar-refractivity contribution in [3.8, 4) is 11.5 Å². The Hall–Kier alpha value is -1.53. The van der Waals surface area contributed by atoms with E-state index in [2.05, 4.69) is 45.0 Å². The molecule has 0 radical (unpaired) electrons. The molecule has 0 bridgehead atoms. The summed E-state index contributed by atoms with van der Waals surface area (Å²) in [7, 11) is -0.938. The molecule has 2 aromatic carbocycles. The standard InChI is InChI=1S/C18H23O2P/c1-4-5-14-21(19-17-10-6-15(2)7-11-17)20-18-12-8-16(3)9-13-18/h6-13H,4-5,14H2,1-3H3. The second-order valence-corrected chi connectivity index (χ2v) is 6.70. The third-order valence-electron chi connectivity index (χ3n) is 3.15. The zero-order chi connectivity index (χ0) is 15.1. The summed E-state index contributed by atoms with van der Waals surface area (Å²) in [6.45, 7) is 6.34. The first-order chi connectivity index (χ1) is 10.2. The van der Waals surface area contributed by atoms with E-state index >= 15 is 0 Å². The molecule has 0 saturated carbocycles. The first-order valence-electron chi connectivity index (χ1n) is 7.44. The van der Waals surface area contributed by atoms with Gasteiger partial charge >= 0.3 is 0 Å². The fraction of sp³-hybridized carbons (Fsp3) is 0.333. The Bertz CT molecular complexity index is 487.